The molecule has 0 aliphatic heterocycles. The topological polar surface area (TPSA) is 46.5 Å². The van der Waals surface area contributed by atoms with Crippen molar-refractivity contribution in [1.82, 2.24) is 0 Å². The minimum Gasteiger partial charge on any atom is -0.469 e. The summed E-state index contributed by atoms with van der Waals surface area (Å²) in [6.45, 7) is 4.11. The van der Waals surface area contributed by atoms with Crippen molar-refractivity contribution in [3.8, 4) is 0 Å². The molecule has 0 saturated heterocycles. The van der Waals surface area contributed by atoms with Crippen molar-refractivity contribution in [3.05, 3.63) is 0 Å². The van der Waals surface area contributed by atoms with E-state index in [2.05, 4.69) is 6.92 Å². The largest absolute Gasteiger partial charge is 0.469 e. The van der Waals surface area contributed by atoms with E-state index in [1.807, 2.05) is 6.92 Å². The van der Waals surface area contributed by atoms with Crippen molar-refractivity contribution < 1.29 is 14.6 Å². The fraction of sp³-hybridized carbons (Fsp3) is 0.962. The van der Waals surface area contributed by atoms with Crippen LogP contribution in [-0.4, -0.2) is 24.3 Å². The molecule has 0 saturated carbocycles. The molecule has 2 atom stereocenters. The van der Waals surface area contributed by atoms with Crippen LogP contribution in [0.1, 0.15) is 142 Å². The van der Waals surface area contributed by atoms with Crippen LogP contribution in [0, 0.1) is 5.92 Å². The van der Waals surface area contributed by atoms with Crippen molar-refractivity contribution in [3.63, 3.8) is 0 Å². The number of hydrogen-bond acceptors (Lipinski definition) is 3. The number of rotatable bonds is 22. The average molecular weight is 413 g/mol. The molecule has 0 aliphatic rings. The first-order valence-electron chi connectivity index (χ1n) is 12.9. The summed E-state index contributed by atoms with van der Waals surface area (Å²) in [7, 11) is 1.41. The van der Waals surface area contributed by atoms with Gasteiger partial charge in [-0.05, 0) is 12.8 Å². The van der Waals surface area contributed by atoms with E-state index in [1.54, 1.807) is 0 Å². The summed E-state index contributed by atoms with van der Waals surface area (Å²) < 4.78 is 4.70. The SMILES string of the molecule is CCCCCCCCCCCCCCCCCCCCC(O)CC(C)C(=O)OC. The molecular weight excluding hydrogens is 360 g/mol. The van der Waals surface area contributed by atoms with Crippen LogP contribution in [0.4, 0.5) is 0 Å². The smallest absolute Gasteiger partial charge is 0.308 e. The van der Waals surface area contributed by atoms with Gasteiger partial charge in [0.25, 0.3) is 0 Å². The molecule has 0 aromatic rings. The van der Waals surface area contributed by atoms with E-state index in [4.69, 9.17) is 4.74 Å². The van der Waals surface area contributed by atoms with E-state index >= 15 is 0 Å². The monoisotopic (exact) mass is 412 g/mol. The number of aliphatic hydroxyl groups excluding tert-OH is 1. The van der Waals surface area contributed by atoms with E-state index in [0.29, 0.717) is 6.42 Å². The second-order valence-electron chi connectivity index (χ2n) is 9.11. The van der Waals surface area contributed by atoms with Gasteiger partial charge in [-0.3, -0.25) is 4.79 Å². The summed E-state index contributed by atoms with van der Waals surface area (Å²) in [4.78, 5) is 11.4. The second kappa shape index (κ2) is 22.1. The van der Waals surface area contributed by atoms with E-state index in [0.717, 1.165) is 12.8 Å². The van der Waals surface area contributed by atoms with Crippen LogP contribution in [-0.2, 0) is 9.53 Å². The Bertz CT molecular complexity index is 343. The Labute approximate surface area is 182 Å². The lowest BCUT2D eigenvalue weighted by Crippen LogP contribution is -2.19. The zero-order valence-corrected chi connectivity index (χ0v) is 20.1. The van der Waals surface area contributed by atoms with Crippen LogP contribution in [0.25, 0.3) is 0 Å². The molecule has 2 unspecified atom stereocenters. The zero-order valence-electron chi connectivity index (χ0n) is 20.1. The van der Waals surface area contributed by atoms with Crippen LogP contribution in [0.15, 0.2) is 0 Å². The molecule has 3 heteroatoms. The summed E-state index contributed by atoms with van der Waals surface area (Å²) in [6.07, 6.45) is 25.7. The molecule has 1 N–H and O–H groups in total. The molecule has 0 fully saturated rings. The van der Waals surface area contributed by atoms with Gasteiger partial charge < -0.3 is 9.84 Å². The third-order valence-corrected chi connectivity index (χ3v) is 6.12. The normalized spacial score (nSPS) is 13.4. The molecule has 0 spiro atoms. The molecule has 3 nitrogen and oxygen atoms in total. The summed E-state index contributed by atoms with van der Waals surface area (Å²) in [6, 6.07) is 0. The number of esters is 1. The quantitative estimate of drug-likeness (QED) is 0.145. The van der Waals surface area contributed by atoms with Gasteiger partial charge in [0, 0.05) is 0 Å². The maximum Gasteiger partial charge on any atom is 0.308 e. The highest BCUT2D eigenvalue weighted by Crippen LogP contribution is 2.16. The van der Waals surface area contributed by atoms with Gasteiger partial charge >= 0.3 is 5.97 Å². The number of ether oxygens (including phenoxy) is 1. The van der Waals surface area contributed by atoms with Gasteiger partial charge in [-0.1, -0.05) is 129 Å². The average Bonchev–Trinajstić information content (AvgIpc) is 2.72. The van der Waals surface area contributed by atoms with Gasteiger partial charge in [-0.15, -0.1) is 0 Å². The third kappa shape index (κ3) is 20.5. The van der Waals surface area contributed by atoms with Crippen molar-refractivity contribution in [2.75, 3.05) is 7.11 Å². The first kappa shape index (κ1) is 28.4. The van der Waals surface area contributed by atoms with E-state index < -0.39 is 0 Å². The highest BCUT2D eigenvalue weighted by atomic mass is 16.5. The van der Waals surface area contributed by atoms with Crippen molar-refractivity contribution >= 4 is 5.97 Å². The highest BCUT2D eigenvalue weighted by Gasteiger charge is 2.17. The fourth-order valence-electron chi connectivity index (χ4n) is 4.10. The van der Waals surface area contributed by atoms with E-state index in [9.17, 15) is 9.90 Å². The van der Waals surface area contributed by atoms with Gasteiger partial charge in [-0.25, -0.2) is 0 Å². The first-order chi connectivity index (χ1) is 14.1. The Morgan fingerprint density at radius 3 is 1.38 bits per heavy atom. The van der Waals surface area contributed by atoms with Crippen LogP contribution >= 0.6 is 0 Å². The first-order valence-corrected chi connectivity index (χ1v) is 12.9. The predicted molar refractivity (Wildman–Crippen MR) is 125 cm³/mol. The number of carbonyl (C=O) groups is 1. The molecule has 174 valence electrons. The highest BCUT2D eigenvalue weighted by molar-refractivity contribution is 5.71. The fourth-order valence-corrected chi connectivity index (χ4v) is 4.10. The molecule has 0 aliphatic carbocycles. The zero-order chi connectivity index (χ0) is 21.6. The van der Waals surface area contributed by atoms with Crippen molar-refractivity contribution in [2.24, 2.45) is 5.92 Å². The minimum absolute atomic E-state index is 0.203. The number of methoxy groups -OCH3 is 1. The Hall–Kier alpha value is -0.570. The molecule has 0 aromatic heterocycles. The van der Waals surface area contributed by atoms with E-state index in [1.165, 1.54) is 116 Å². The summed E-state index contributed by atoms with van der Waals surface area (Å²) in [5, 5.41) is 9.99. The van der Waals surface area contributed by atoms with Gasteiger partial charge in [0.1, 0.15) is 0 Å². The lowest BCUT2D eigenvalue weighted by Gasteiger charge is -2.14. The molecule has 0 aromatic carbocycles. The lowest BCUT2D eigenvalue weighted by molar-refractivity contribution is -0.145. The second-order valence-corrected chi connectivity index (χ2v) is 9.11. The molecule has 0 bridgehead atoms. The van der Waals surface area contributed by atoms with Crippen molar-refractivity contribution in [1.29, 1.82) is 0 Å². The minimum atomic E-state index is -0.370. The lowest BCUT2D eigenvalue weighted by atomic mass is 9.99. The molecule has 29 heavy (non-hydrogen) atoms. The predicted octanol–water partition coefficient (Wildman–Crippen LogP) is 7.98. The molecule has 0 heterocycles. The van der Waals surface area contributed by atoms with Crippen LogP contribution in [0.5, 0.6) is 0 Å². The maximum atomic E-state index is 11.4. The molecule has 0 amide bonds. The number of unbranched alkanes of at least 4 members (excludes halogenated alkanes) is 17. The summed E-state index contributed by atoms with van der Waals surface area (Å²) in [5.41, 5.74) is 0. The Balaban J connectivity index is 3.19. The molecular formula is C26H52O3. The summed E-state index contributed by atoms with van der Waals surface area (Å²) in [5.74, 6) is -0.424. The molecule has 0 radical (unpaired) electrons. The number of aliphatic hydroxyl groups is 1. The third-order valence-electron chi connectivity index (χ3n) is 6.12. The number of carbonyl (C=O) groups excluding carboxylic acids is 1. The van der Waals surface area contributed by atoms with Crippen LogP contribution in [0.3, 0.4) is 0 Å². The Morgan fingerprint density at radius 1 is 0.690 bits per heavy atom. The Morgan fingerprint density at radius 2 is 1.03 bits per heavy atom. The van der Waals surface area contributed by atoms with Gasteiger partial charge in [0.05, 0.1) is 19.1 Å². The standard InChI is InChI=1S/C26H52O3/c1-4-5-6-7-8-9-10-11-12-13-14-15-16-17-18-19-20-21-22-25(27)23-24(2)26(28)29-3/h24-25,27H,4-23H2,1-3H3. The molecule has 0 rings (SSSR count). The van der Waals surface area contributed by atoms with E-state index in [-0.39, 0.29) is 18.0 Å². The van der Waals surface area contributed by atoms with Crippen LogP contribution < -0.4 is 0 Å². The van der Waals surface area contributed by atoms with Gasteiger partial charge in [0.2, 0.25) is 0 Å². The number of hydrogen-bond donors (Lipinski definition) is 1. The maximum absolute atomic E-state index is 11.4. The van der Waals surface area contributed by atoms with Gasteiger partial charge in [-0.2, -0.15) is 0 Å². The summed E-state index contributed by atoms with van der Waals surface area (Å²) >= 11 is 0. The van der Waals surface area contributed by atoms with Crippen LogP contribution in [0.2, 0.25) is 0 Å². The van der Waals surface area contributed by atoms with Gasteiger partial charge in [0.15, 0.2) is 0 Å². The Kier molecular flexibility index (Phi) is 21.7. The van der Waals surface area contributed by atoms with Crippen molar-refractivity contribution in [2.45, 2.75) is 148 Å².